The Labute approximate surface area is 128 Å². The fourth-order valence-electron chi connectivity index (χ4n) is 2.72. The maximum atomic E-state index is 12.2. The average molecular weight is 308 g/mol. The third kappa shape index (κ3) is 3.22. The molecule has 0 aliphatic carbocycles. The summed E-state index contributed by atoms with van der Waals surface area (Å²) in [5, 5.41) is 6.42. The van der Waals surface area contributed by atoms with Crippen LogP contribution >= 0.6 is 0 Å². The van der Waals surface area contributed by atoms with Gasteiger partial charge >= 0.3 is 6.03 Å². The van der Waals surface area contributed by atoms with Crippen molar-refractivity contribution in [2.24, 2.45) is 0 Å². The van der Waals surface area contributed by atoms with Crippen molar-refractivity contribution in [2.75, 3.05) is 38.1 Å². The van der Waals surface area contributed by atoms with Crippen molar-refractivity contribution in [1.29, 1.82) is 0 Å². The summed E-state index contributed by atoms with van der Waals surface area (Å²) in [6.45, 7) is 4.49. The Morgan fingerprint density at radius 1 is 1.27 bits per heavy atom. The molecule has 8 nitrogen and oxygen atoms in total. The summed E-state index contributed by atoms with van der Waals surface area (Å²) in [6, 6.07) is 1.44. The highest BCUT2D eigenvalue weighted by atomic mass is 16.5. The largest absolute Gasteiger partial charge is 0.368 e. The molecular formula is C14H20N4O4. The van der Waals surface area contributed by atoms with Gasteiger partial charge in [-0.15, -0.1) is 0 Å². The van der Waals surface area contributed by atoms with Crippen LogP contribution in [0.3, 0.4) is 0 Å². The summed E-state index contributed by atoms with van der Waals surface area (Å²) < 4.78 is 10.3. The SMILES string of the molecule is Cc1cc(NC(=O)N2CCN(C(=O)[C@H]3CCCO3)CC2)no1. The van der Waals surface area contributed by atoms with E-state index in [9.17, 15) is 9.59 Å². The van der Waals surface area contributed by atoms with Crippen LogP contribution < -0.4 is 5.32 Å². The maximum Gasteiger partial charge on any atom is 0.323 e. The van der Waals surface area contributed by atoms with E-state index >= 15 is 0 Å². The van der Waals surface area contributed by atoms with Gasteiger partial charge in [0.2, 0.25) is 0 Å². The molecule has 2 saturated heterocycles. The van der Waals surface area contributed by atoms with Crippen molar-refractivity contribution in [3.8, 4) is 0 Å². The van der Waals surface area contributed by atoms with Gasteiger partial charge in [0, 0.05) is 38.9 Å². The number of piperazine rings is 1. The van der Waals surface area contributed by atoms with Gasteiger partial charge in [-0.3, -0.25) is 10.1 Å². The lowest BCUT2D eigenvalue weighted by Gasteiger charge is -2.35. The first-order valence-corrected chi connectivity index (χ1v) is 7.53. The number of urea groups is 1. The molecule has 2 aliphatic rings. The van der Waals surface area contributed by atoms with Gasteiger partial charge in [0.15, 0.2) is 5.82 Å². The highest BCUT2D eigenvalue weighted by Crippen LogP contribution is 2.16. The van der Waals surface area contributed by atoms with Crippen molar-refractivity contribution in [3.05, 3.63) is 11.8 Å². The molecule has 1 aromatic rings. The number of amides is 3. The highest BCUT2D eigenvalue weighted by Gasteiger charge is 2.31. The average Bonchev–Trinajstić information content (AvgIpc) is 3.18. The second-order valence-electron chi connectivity index (χ2n) is 5.57. The molecule has 1 aromatic heterocycles. The van der Waals surface area contributed by atoms with Gasteiger partial charge in [-0.1, -0.05) is 5.16 Å². The Bertz CT molecular complexity index is 545. The van der Waals surface area contributed by atoms with E-state index in [4.69, 9.17) is 9.26 Å². The first-order valence-electron chi connectivity index (χ1n) is 7.53. The van der Waals surface area contributed by atoms with Crippen molar-refractivity contribution >= 4 is 17.8 Å². The molecule has 0 radical (unpaired) electrons. The van der Waals surface area contributed by atoms with Crippen molar-refractivity contribution in [3.63, 3.8) is 0 Å². The van der Waals surface area contributed by atoms with Crippen molar-refractivity contribution < 1.29 is 18.8 Å². The number of carbonyl (C=O) groups is 2. The summed E-state index contributed by atoms with van der Waals surface area (Å²) >= 11 is 0. The van der Waals surface area contributed by atoms with E-state index in [-0.39, 0.29) is 18.0 Å². The summed E-state index contributed by atoms with van der Waals surface area (Å²) in [5.74, 6) is 1.09. The zero-order valence-corrected chi connectivity index (χ0v) is 12.6. The minimum Gasteiger partial charge on any atom is -0.368 e. The maximum absolute atomic E-state index is 12.2. The van der Waals surface area contributed by atoms with Gasteiger partial charge in [0.05, 0.1) is 0 Å². The number of aromatic nitrogens is 1. The first-order chi connectivity index (χ1) is 10.6. The van der Waals surface area contributed by atoms with Gasteiger partial charge in [0.1, 0.15) is 11.9 Å². The minimum atomic E-state index is -0.293. The summed E-state index contributed by atoms with van der Waals surface area (Å²) in [6.07, 6.45) is 1.44. The molecule has 3 heterocycles. The summed E-state index contributed by atoms with van der Waals surface area (Å²) in [4.78, 5) is 27.8. The van der Waals surface area contributed by atoms with Crippen LogP contribution in [0, 0.1) is 6.92 Å². The number of aryl methyl sites for hydroxylation is 1. The van der Waals surface area contributed by atoms with Crippen LogP contribution in [0.1, 0.15) is 18.6 Å². The number of hydrogen-bond donors (Lipinski definition) is 1. The molecule has 0 saturated carbocycles. The van der Waals surface area contributed by atoms with Crippen LogP contribution in [0.15, 0.2) is 10.6 Å². The molecule has 1 N–H and O–H groups in total. The quantitative estimate of drug-likeness (QED) is 0.874. The van der Waals surface area contributed by atoms with Crippen molar-refractivity contribution in [2.45, 2.75) is 25.9 Å². The topological polar surface area (TPSA) is 87.9 Å². The molecule has 2 aliphatic heterocycles. The number of rotatable bonds is 2. The smallest absolute Gasteiger partial charge is 0.323 e. The Morgan fingerprint density at radius 2 is 2.00 bits per heavy atom. The van der Waals surface area contributed by atoms with Gasteiger partial charge in [-0.05, 0) is 19.8 Å². The molecular weight excluding hydrogens is 288 g/mol. The summed E-state index contributed by atoms with van der Waals surface area (Å²) in [7, 11) is 0. The number of nitrogens with zero attached hydrogens (tertiary/aromatic N) is 3. The zero-order valence-electron chi connectivity index (χ0n) is 12.6. The van der Waals surface area contributed by atoms with Crippen LogP contribution in [-0.2, 0) is 9.53 Å². The van der Waals surface area contributed by atoms with E-state index < -0.39 is 0 Å². The molecule has 3 amide bonds. The van der Waals surface area contributed by atoms with Crippen LogP contribution in [0.25, 0.3) is 0 Å². The number of carbonyl (C=O) groups excluding carboxylic acids is 2. The van der Waals surface area contributed by atoms with Crippen molar-refractivity contribution in [1.82, 2.24) is 15.0 Å². The number of hydrogen-bond acceptors (Lipinski definition) is 5. The lowest BCUT2D eigenvalue weighted by atomic mass is 10.2. The number of nitrogens with one attached hydrogen (secondary N) is 1. The Hall–Kier alpha value is -2.09. The van der Waals surface area contributed by atoms with Gasteiger partial charge < -0.3 is 19.1 Å². The highest BCUT2D eigenvalue weighted by molar-refractivity contribution is 5.88. The lowest BCUT2D eigenvalue weighted by molar-refractivity contribution is -0.142. The van der Waals surface area contributed by atoms with E-state index in [1.807, 2.05) is 0 Å². The molecule has 0 bridgehead atoms. The Balaban J connectivity index is 1.48. The molecule has 2 fully saturated rings. The number of ether oxygens (including phenoxy) is 1. The Kier molecular flexibility index (Phi) is 4.28. The second kappa shape index (κ2) is 6.35. The molecule has 22 heavy (non-hydrogen) atoms. The third-order valence-corrected chi connectivity index (χ3v) is 3.95. The molecule has 0 spiro atoms. The van der Waals surface area contributed by atoms with E-state index in [0.29, 0.717) is 44.4 Å². The fraction of sp³-hybridized carbons (Fsp3) is 0.643. The monoisotopic (exact) mass is 308 g/mol. The third-order valence-electron chi connectivity index (χ3n) is 3.95. The lowest BCUT2D eigenvalue weighted by Crippen LogP contribution is -2.53. The van der Waals surface area contributed by atoms with E-state index in [0.717, 1.165) is 12.8 Å². The first kappa shape index (κ1) is 14.8. The van der Waals surface area contributed by atoms with Gasteiger partial charge in [0.25, 0.3) is 5.91 Å². The molecule has 120 valence electrons. The van der Waals surface area contributed by atoms with E-state index in [1.165, 1.54) is 0 Å². The molecule has 0 aromatic carbocycles. The van der Waals surface area contributed by atoms with Gasteiger partial charge in [-0.2, -0.15) is 0 Å². The van der Waals surface area contributed by atoms with Crippen LogP contribution in [0.4, 0.5) is 10.6 Å². The predicted octanol–water partition coefficient (Wildman–Crippen LogP) is 0.838. The standard InChI is InChI=1S/C14H20N4O4/c1-10-9-12(16-22-10)15-14(20)18-6-4-17(5-7-18)13(19)11-3-2-8-21-11/h9,11H,2-8H2,1H3,(H,15,16,20)/t11-/m1/s1. The molecule has 8 heteroatoms. The second-order valence-corrected chi connectivity index (χ2v) is 5.57. The number of anilines is 1. The summed E-state index contributed by atoms with van der Waals surface area (Å²) in [5.41, 5.74) is 0. The zero-order chi connectivity index (χ0) is 15.5. The normalized spacial score (nSPS) is 22.0. The van der Waals surface area contributed by atoms with E-state index in [2.05, 4.69) is 10.5 Å². The fourth-order valence-corrected chi connectivity index (χ4v) is 2.72. The van der Waals surface area contributed by atoms with Crippen LogP contribution in [0.2, 0.25) is 0 Å². The van der Waals surface area contributed by atoms with E-state index in [1.54, 1.807) is 22.8 Å². The van der Waals surface area contributed by atoms with Crippen LogP contribution in [-0.4, -0.2) is 65.8 Å². The van der Waals surface area contributed by atoms with Gasteiger partial charge in [-0.25, -0.2) is 4.79 Å². The Morgan fingerprint density at radius 3 is 2.59 bits per heavy atom. The molecule has 1 atom stereocenters. The molecule has 3 rings (SSSR count). The molecule has 0 unspecified atom stereocenters. The minimum absolute atomic E-state index is 0.0460. The predicted molar refractivity (Wildman–Crippen MR) is 77.4 cm³/mol. The van der Waals surface area contributed by atoms with Crippen LogP contribution in [0.5, 0.6) is 0 Å².